The molecule has 0 spiro atoms. The Morgan fingerprint density at radius 1 is 0.794 bits per heavy atom. The number of carbonyl (C=O) groups excluding carboxylic acids is 4. The van der Waals surface area contributed by atoms with Gasteiger partial charge in [0.2, 0.25) is 11.8 Å². The lowest BCUT2D eigenvalue weighted by Crippen LogP contribution is -2.73. The Hall–Kier alpha value is -2.36. The van der Waals surface area contributed by atoms with Crippen LogP contribution in [0.15, 0.2) is 0 Å². The van der Waals surface area contributed by atoms with Gasteiger partial charge in [0, 0.05) is 25.9 Å². The molecule has 4 fully saturated rings. The molecule has 4 aliphatic rings. The molecule has 0 bridgehead atoms. The van der Waals surface area contributed by atoms with Crippen molar-refractivity contribution in [2.45, 2.75) is 63.6 Å². The van der Waals surface area contributed by atoms with Crippen LogP contribution in [0.4, 0.5) is 9.59 Å². The highest BCUT2D eigenvalue weighted by Gasteiger charge is 2.63. The van der Waals surface area contributed by atoms with Crippen molar-refractivity contribution in [1.82, 2.24) is 20.4 Å². The Morgan fingerprint density at radius 2 is 1.15 bits per heavy atom. The van der Waals surface area contributed by atoms with Crippen LogP contribution < -0.4 is 10.6 Å². The maximum absolute atomic E-state index is 13.1. The largest absolute Gasteiger partial charge is 0.394 e. The van der Waals surface area contributed by atoms with Crippen LogP contribution in [0.2, 0.25) is 0 Å². The second-order valence-electron chi connectivity index (χ2n) is 9.67. The standard InChI is InChI=1S/C20H30N4O10/c1-19(7-23(17(31)21-15(19)29)13-3-9(27)11(5-25)33-13)20(2)8-24(18(32)22-16(20)30)14-4-10(28)12(6-26)34-14/h9-14,25-28H,3-8H2,1-2H3,(H,21,29,31)(H,22,30,32)/t9-,10-,11+,12+,13+,14+,19-,20-/m0/s1. The van der Waals surface area contributed by atoms with Gasteiger partial charge < -0.3 is 29.9 Å². The number of hydrogen-bond acceptors (Lipinski definition) is 10. The van der Waals surface area contributed by atoms with Gasteiger partial charge in [-0.25, -0.2) is 9.59 Å². The lowest BCUT2D eigenvalue weighted by Gasteiger charge is -2.52. The zero-order valence-electron chi connectivity index (χ0n) is 18.8. The van der Waals surface area contributed by atoms with Gasteiger partial charge >= 0.3 is 12.1 Å². The molecule has 4 saturated heterocycles. The van der Waals surface area contributed by atoms with Crippen molar-refractivity contribution in [3.05, 3.63) is 0 Å². The van der Waals surface area contributed by atoms with E-state index in [1.54, 1.807) is 0 Å². The first-order valence-electron chi connectivity index (χ1n) is 11.1. The molecule has 0 aromatic carbocycles. The molecular formula is C20H30N4O10. The molecule has 14 heteroatoms. The maximum atomic E-state index is 13.1. The van der Waals surface area contributed by atoms with Crippen LogP contribution >= 0.6 is 0 Å². The number of ether oxygens (including phenoxy) is 2. The van der Waals surface area contributed by atoms with Crippen LogP contribution in [-0.2, 0) is 19.1 Å². The van der Waals surface area contributed by atoms with Gasteiger partial charge in [0.15, 0.2) is 0 Å². The molecule has 0 aliphatic carbocycles. The summed E-state index contributed by atoms with van der Waals surface area (Å²) < 4.78 is 11.2. The molecule has 4 aliphatic heterocycles. The quantitative estimate of drug-likeness (QED) is 0.233. The normalized spacial score (nSPS) is 43.4. The van der Waals surface area contributed by atoms with Crippen LogP contribution in [0, 0.1) is 10.8 Å². The van der Waals surface area contributed by atoms with Crippen LogP contribution in [0.1, 0.15) is 26.7 Å². The van der Waals surface area contributed by atoms with Gasteiger partial charge in [0.25, 0.3) is 0 Å². The fourth-order valence-electron chi connectivity index (χ4n) is 5.04. The van der Waals surface area contributed by atoms with E-state index >= 15 is 0 Å². The third-order valence-electron chi connectivity index (χ3n) is 7.62. The predicted octanol–water partition coefficient (Wildman–Crippen LogP) is -2.96. The van der Waals surface area contributed by atoms with Gasteiger partial charge in [-0.3, -0.25) is 30.0 Å². The Labute approximate surface area is 194 Å². The van der Waals surface area contributed by atoms with Crippen LogP contribution in [0.5, 0.6) is 0 Å². The summed E-state index contributed by atoms with van der Waals surface area (Å²) in [4.78, 5) is 53.8. The lowest BCUT2D eigenvalue weighted by atomic mass is 9.62. The van der Waals surface area contributed by atoms with E-state index in [4.69, 9.17) is 9.47 Å². The van der Waals surface area contributed by atoms with E-state index in [1.807, 2.05) is 0 Å². The maximum Gasteiger partial charge on any atom is 0.326 e. The van der Waals surface area contributed by atoms with Crippen molar-refractivity contribution in [2.24, 2.45) is 10.8 Å². The Balaban J connectivity index is 1.61. The molecule has 34 heavy (non-hydrogen) atoms. The number of urea groups is 2. The number of nitrogens with one attached hydrogen (secondary N) is 2. The van der Waals surface area contributed by atoms with E-state index in [2.05, 4.69) is 10.6 Å². The van der Waals surface area contributed by atoms with Crippen LogP contribution in [0.3, 0.4) is 0 Å². The van der Waals surface area contributed by atoms with Crippen molar-refractivity contribution in [2.75, 3.05) is 26.3 Å². The summed E-state index contributed by atoms with van der Waals surface area (Å²) in [7, 11) is 0. The SMILES string of the molecule is C[C@]1([C@@]2(C)CN([C@H]3C[C@H](O)[C@@H](CO)O3)C(=O)NC2=O)CN([C@H]2C[C@H](O)[C@@H](CO)O2)C(=O)NC1=O. The third kappa shape index (κ3) is 3.74. The summed E-state index contributed by atoms with van der Waals surface area (Å²) in [5, 5.41) is 43.4. The topological polar surface area (TPSA) is 198 Å². The number of aliphatic hydroxyl groups excluding tert-OH is 4. The smallest absolute Gasteiger partial charge is 0.326 e. The molecular weight excluding hydrogens is 456 g/mol. The number of hydrogen-bond donors (Lipinski definition) is 6. The zero-order valence-corrected chi connectivity index (χ0v) is 18.8. The molecule has 6 N–H and O–H groups in total. The van der Waals surface area contributed by atoms with E-state index < -0.39 is 84.8 Å². The molecule has 0 unspecified atom stereocenters. The molecule has 190 valence electrons. The van der Waals surface area contributed by atoms with Crippen molar-refractivity contribution in [3.8, 4) is 0 Å². The van der Waals surface area contributed by atoms with Crippen molar-refractivity contribution in [3.63, 3.8) is 0 Å². The van der Waals surface area contributed by atoms with E-state index in [0.29, 0.717) is 0 Å². The van der Waals surface area contributed by atoms with E-state index in [9.17, 15) is 39.6 Å². The molecule has 8 atom stereocenters. The molecule has 0 aromatic rings. The van der Waals surface area contributed by atoms with Gasteiger partial charge in [-0.15, -0.1) is 0 Å². The first kappa shape index (κ1) is 24.8. The average molecular weight is 486 g/mol. The summed E-state index contributed by atoms with van der Waals surface area (Å²) in [6, 6.07) is -1.53. The van der Waals surface area contributed by atoms with Gasteiger partial charge in [-0.1, -0.05) is 0 Å². The monoisotopic (exact) mass is 486 g/mol. The predicted molar refractivity (Wildman–Crippen MR) is 109 cm³/mol. The van der Waals surface area contributed by atoms with E-state index in [-0.39, 0.29) is 25.9 Å². The van der Waals surface area contributed by atoms with Gasteiger partial charge in [0.1, 0.15) is 24.7 Å². The van der Waals surface area contributed by atoms with Gasteiger partial charge in [-0.05, 0) is 13.8 Å². The van der Waals surface area contributed by atoms with Crippen LogP contribution in [-0.4, -0.2) is 117 Å². The summed E-state index contributed by atoms with van der Waals surface area (Å²) in [6.45, 7) is 1.56. The molecule has 4 heterocycles. The minimum absolute atomic E-state index is 0.00674. The molecule has 0 saturated carbocycles. The van der Waals surface area contributed by atoms with Crippen molar-refractivity contribution < 1.29 is 49.1 Å². The molecule has 4 rings (SSSR count). The van der Waals surface area contributed by atoms with Crippen molar-refractivity contribution >= 4 is 23.9 Å². The van der Waals surface area contributed by atoms with Crippen LogP contribution in [0.25, 0.3) is 0 Å². The summed E-state index contributed by atoms with van der Waals surface area (Å²) in [5.74, 6) is -1.45. The number of aliphatic hydroxyl groups is 4. The number of carbonyl (C=O) groups is 4. The zero-order chi connectivity index (χ0) is 25.0. The fraction of sp³-hybridized carbons (Fsp3) is 0.800. The van der Waals surface area contributed by atoms with E-state index in [1.165, 1.54) is 23.6 Å². The summed E-state index contributed by atoms with van der Waals surface area (Å²) in [6.07, 6.45) is -5.68. The fourth-order valence-corrected chi connectivity index (χ4v) is 5.04. The minimum Gasteiger partial charge on any atom is -0.394 e. The van der Waals surface area contributed by atoms with Gasteiger partial charge in [-0.2, -0.15) is 0 Å². The number of rotatable bonds is 5. The number of imide groups is 2. The Bertz CT molecular complexity index is 817. The molecule has 0 radical (unpaired) electrons. The minimum atomic E-state index is -1.54. The Kier molecular flexibility index (Phi) is 6.33. The highest BCUT2D eigenvalue weighted by Crippen LogP contribution is 2.46. The summed E-state index contributed by atoms with van der Waals surface area (Å²) in [5.41, 5.74) is -3.08. The molecule has 0 aromatic heterocycles. The highest BCUT2D eigenvalue weighted by atomic mass is 16.6. The lowest BCUT2D eigenvalue weighted by molar-refractivity contribution is -0.164. The number of amides is 6. The molecule has 6 amide bonds. The van der Waals surface area contributed by atoms with Gasteiger partial charge in [0.05, 0.1) is 36.3 Å². The second-order valence-corrected chi connectivity index (χ2v) is 9.67. The highest BCUT2D eigenvalue weighted by molar-refractivity contribution is 6.07. The second kappa shape index (κ2) is 8.70. The van der Waals surface area contributed by atoms with Crippen molar-refractivity contribution in [1.29, 1.82) is 0 Å². The van der Waals surface area contributed by atoms with E-state index in [0.717, 1.165) is 0 Å². The first-order valence-corrected chi connectivity index (χ1v) is 11.1. The number of nitrogens with zero attached hydrogens (tertiary/aromatic N) is 2. The molecule has 14 nitrogen and oxygen atoms in total. The first-order chi connectivity index (χ1) is 15.9. The Morgan fingerprint density at radius 3 is 1.44 bits per heavy atom. The summed E-state index contributed by atoms with van der Waals surface area (Å²) >= 11 is 0. The average Bonchev–Trinajstić information content (AvgIpc) is 3.34. The third-order valence-corrected chi connectivity index (χ3v) is 7.62.